The summed E-state index contributed by atoms with van der Waals surface area (Å²) in [6, 6.07) is 6.58. The SMILES string of the molecule is CC1CN(Cc2coc(-c3cccc(F)c3)n2)CCC1N. The van der Waals surface area contributed by atoms with Gasteiger partial charge in [-0.1, -0.05) is 13.0 Å². The smallest absolute Gasteiger partial charge is 0.226 e. The Labute approximate surface area is 123 Å². The average Bonchev–Trinajstić information content (AvgIpc) is 2.91. The molecule has 3 rings (SSSR count). The molecule has 0 bridgehead atoms. The number of benzene rings is 1. The second-order valence-electron chi connectivity index (χ2n) is 5.82. The average molecular weight is 289 g/mol. The van der Waals surface area contributed by atoms with Crippen LogP contribution in [-0.2, 0) is 6.54 Å². The van der Waals surface area contributed by atoms with Gasteiger partial charge in [0.05, 0.1) is 5.69 Å². The largest absolute Gasteiger partial charge is 0.444 e. The van der Waals surface area contributed by atoms with E-state index in [-0.39, 0.29) is 5.82 Å². The molecule has 1 saturated heterocycles. The lowest BCUT2D eigenvalue weighted by Gasteiger charge is -2.34. The lowest BCUT2D eigenvalue weighted by atomic mass is 9.95. The van der Waals surface area contributed by atoms with E-state index in [2.05, 4.69) is 16.8 Å². The second-order valence-corrected chi connectivity index (χ2v) is 5.82. The van der Waals surface area contributed by atoms with E-state index >= 15 is 0 Å². The summed E-state index contributed by atoms with van der Waals surface area (Å²) in [5.41, 5.74) is 7.57. The Morgan fingerprint density at radius 2 is 2.33 bits per heavy atom. The number of rotatable bonds is 3. The number of oxazole rings is 1. The Balaban J connectivity index is 1.68. The molecule has 1 aliphatic heterocycles. The highest BCUT2D eigenvalue weighted by molar-refractivity contribution is 5.52. The number of hydrogen-bond acceptors (Lipinski definition) is 4. The van der Waals surface area contributed by atoms with Crippen LogP contribution in [0.3, 0.4) is 0 Å². The van der Waals surface area contributed by atoms with Crippen LogP contribution >= 0.6 is 0 Å². The molecule has 0 radical (unpaired) electrons. The molecule has 2 atom stereocenters. The first-order chi connectivity index (χ1) is 10.1. The van der Waals surface area contributed by atoms with Gasteiger partial charge in [0.25, 0.3) is 0 Å². The summed E-state index contributed by atoms with van der Waals surface area (Å²) >= 11 is 0. The van der Waals surface area contributed by atoms with E-state index in [1.54, 1.807) is 18.4 Å². The van der Waals surface area contributed by atoms with Crippen molar-refractivity contribution in [2.75, 3.05) is 13.1 Å². The van der Waals surface area contributed by atoms with E-state index in [0.29, 0.717) is 23.4 Å². The predicted octanol–water partition coefficient (Wildman–Crippen LogP) is 2.65. The summed E-state index contributed by atoms with van der Waals surface area (Å²) in [7, 11) is 0. The summed E-state index contributed by atoms with van der Waals surface area (Å²) in [6.07, 6.45) is 2.66. The quantitative estimate of drug-likeness (QED) is 0.944. The van der Waals surface area contributed by atoms with Crippen LogP contribution in [-0.4, -0.2) is 29.0 Å². The molecule has 1 aromatic heterocycles. The molecule has 1 aliphatic rings. The van der Waals surface area contributed by atoms with Gasteiger partial charge >= 0.3 is 0 Å². The minimum Gasteiger partial charge on any atom is -0.444 e. The van der Waals surface area contributed by atoms with E-state index in [9.17, 15) is 4.39 Å². The molecule has 0 aliphatic carbocycles. The van der Waals surface area contributed by atoms with Crippen molar-refractivity contribution in [3.05, 3.63) is 42.0 Å². The van der Waals surface area contributed by atoms with Crippen molar-refractivity contribution in [1.29, 1.82) is 0 Å². The van der Waals surface area contributed by atoms with Gasteiger partial charge in [-0.2, -0.15) is 0 Å². The summed E-state index contributed by atoms with van der Waals surface area (Å²) in [5.74, 6) is 0.672. The predicted molar refractivity (Wildman–Crippen MR) is 78.9 cm³/mol. The fraction of sp³-hybridized carbons (Fsp3) is 0.438. The van der Waals surface area contributed by atoms with Crippen LogP contribution in [0.4, 0.5) is 4.39 Å². The number of piperidine rings is 1. The molecule has 2 N–H and O–H groups in total. The second kappa shape index (κ2) is 5.95. The topological polar surface area (TPSA) is 55.3 Å². The molecule has 0 amide bonds. The van der Waals surface area contributed by atoms with Crippen LogP contribution in [0.5, 0.6) is 0 Å². The maximum Gasteiger partial charge on any atom is 0.226 e. The molecular weight excluding hydrogens is 269 g/mol. The van der Waals surface area contributed by atoms with Gasteiger partial charge in [-0.05, 0) is 30.5 Å². The van der Waals surface area contributed by atoms with Crippen LogP contribution in [0.2, 0.25) is 0 Å². The minimum absolute atomic E-state index is 0.286. The van der Waals surface area contributed by atoms with Crippen molar-refractivity contribution in [2.24, 2.45) is 11.7 Å². The lowest BCUT2D eigenvalue weighted by molar-refractivity contribution is 0.156. The minimum atomic E-state index is -0.286. The van der Waals surface area contributed by atoms with Crippen LogP contribution in [0.25, 0.3) is 11.5 Å². The van der Waals surface area contributed by atoms with Crippen molar-refractivity contribution in [3.63, 3.8) is 0 Å². The first-order valence-corrected chi connectivity index (χ1v) is 7.30. The molecule has 1 aromatic carbocycles. The first-order valence-electron chi connectivity index (χ1n) is 7.30. The lowest BCUT2D eigenvalue weighted by Crippen LogP contribution is -2.45. The van der Waals surface area contributed by atoms with Gasteiger partial charge in [0.2, 0.25) is 5.89 Å². The van der Waals surface area contributed by atoms with E-state index in [4.69, 9.17) is 10.2 Å². The molecule has 5 heteroatoms. The zero-order chi connectivity index (χ0) is 14.8. The molecule has 2 heterocycles. The van der Waals surface area contributed by atoms with Gasteiger partial charge in [-0.25, -0.2) is 9.37 Å². The van der Waals surface area contributed by atoms with Crippen LogP contribution in [0.1, 0.15) is 19.0 Å². The Morgan fingerprint density at radius 3 is 3.10 bits per heavy atom. The van der Waals surface area contributed by atoms with Crippen molar-refractivity contribution < 1.29 is 8.81 Å². The highest BCUT2D eigenvalue weighted by Crippen LogP contribution is 2.21. The molecule has 4 nitrogen and oxygen atoms in total. The van der Waals surface area contributed by atoms with Gasteiger partial charge in [0.1, 0.15) is 12.1 Å². The summed E-state index contributed by atoms with van der Waals surface area (Å²) in [6.45, 7) is 4.88. The number of nitrogens with zero attached hydrogens (tertiary/aromatic N) is 2. The number of aromatic nitrogens is 1. The first kappa shape index (κ1) is 14.2. The van der Waals surface area contributed by atoms with Crippen LogP contribution < -0.4 is 5.73 Å². The number of nitrogens with two attached hydrogens (primary N) is 1. The zero-order valence-electron chi connectivity index (χ0n) is 12.1. The number of likely N-dealkylation sites (tertiary alicyclic amines) is 1. The molecule has 21 heavy (non-hydrogen) atoms. The van der Waals surface area contributed by atoms with E-state index < -0.39 is 0 Å². The van der Waals surface area contributed by atoms with Gasteiger partial charge in [-0.3, -0.25) is 4.90 Å². The Kier molecular flexibility index (Phi) is 4.03. The fourth-order valence-electron chi connectivity index (χ4n) is 2.76. The van der Waals surface area contributed by atoms with E-state index in [1.807, 2.05) is 0 Å². The molecule has 1 fully saturated rings. The van der Waals surface area contributed by atoms with Crippen molar-refractivity contribution in [3.8, 4) is 11.5 Å². The Morgan fingerprint density at radius 1 is 1.48 bits per heavy atom. The van der Waals surface area contributed by atoms with Crippen molar-refractivity contribution in [2.45, 2.75) is 25.9 Å². The molecule has 112 valence electrons. The number of hydrogen-bond donors (Lipinski definition) is 1. The molecular formula is C16H20FN3O. The van der Waals surface area contributed by atoms with Crippen molar-refractivity contribution >= 4 is 0 Å². The van der Waals surface area contributed by atoms with E-state index in [1.165, 1.54) is 12.1 Å². The Hall–Kier alpha value is -1.72. The molecule has 2 aromatic rings. The standard InChI is InChI=1S/C16H20FN3O/c1-11-8-20(6-5-15(11)18)9-14-10-21-16(19-14)12-3-2-4-13(17)7-12/h2-4,7,10-11,15H,5-6,8-9,18H2,1H3. The monoisotopic (exact) mass is 289 g/mol. The normalized spacial score (nSPS) is 23.4. The van der Waals surface area contributed by atoms with Gasteiger partial charge in [-0.15, -0.1) is 0 Å². The fourth-order valence-corrected chi connectivity index (χ4v) is 2.76. The van der Waals surface area contributed by atoms with Crippen LogP contribution in [0.15, 0.2) is 34.9 Å². The molecule has 2 unspecified atom stereocenters. The van der Waals surface area contributed by atoms with Gasteiger partial charge < -0.3 is 10.2 Å². The Bertz CT molecular complexity index is 613. The molecule has 0 spiro atoms. The summed E-state index contributed by atoms with van der Waals surface area (Å²) in [5, 5.41) is 0. The van der Waals surface area contributed by atoms with E-state index in [0.717, 1.165) is 31.7 Å². The third kappa shape index (κ3) is 3.31. The third-order valence-corrected chi connectivity index (χ3v) is 4.06. The van der Waals surface area contributed by atoms with Crippen LogP contribution in [0, 0.1) is 11.7 Å². The highest BCUT2D eigenvalue weighted by Gasteiger charge is 2.23. The zero-order valence-corrected chi connectivity index (χ0v) is 12.1. The van der Waals surface area contributed by atoms with Crippen molar-refractivity contribution in [1.82, 2.24) is 9.88 Å². The molecule has 0 saturated carbocycles. The number of halogens is 1. The highest BCUT2D eigenvalue weighted by atomic mass is 19.1. The summed E-state index contributed by atoms with van der Waals surface area (Å²) in [4.78, 5) is 6.79. The maximum absolute atomic E-state index is 13.2. The third-order valence-electron chi connectivity index (χ3n) is 4.06. The van der Waals surface area contributed by atoms with Gasteiger partial charge in [0.15, 0.2) is 0 Å². The van der Waals surface area contributed by atoms with Gasteiger partial charge in [0, 0.05) is 31.2 Å². The maximum atomic E-state index is 13.2. The summed E-state index contributed by atoms with van der Waals surface area (Å²) < 4.78 is 18.7.